The monoisotopic (exact) mass is 1260 g/mol. The van der Waals surface area contributed by atoms with E-state index in [1.807, 2.05) is 0 Å². The van der Waals surface area contributed by atoms with Gasteiger partial charge in [0, 0.05) is 67.2 Å². The second kappa shape index (κ2) is 20.4. The summed E-state index contributed by atoms with van der Waals surface area (Å²) in [6.07, 6.45) is 0. The van der Waals surface area contributed by atoms with E-state index in [0.29, 0.717) is 17.7 Å². The van der Waals surface area contributed by atoms with Gasteiger partial charge in [-0.2, -0.15) is 15.0 Å². The Bertz CT molecular complexity index is 6260. The summed E-state index contributed by atoms with van der Waals surface area (Å²) >= 11 is 0. The molecule has 456 valence electrons. The van der Waals surface area contributed by atoms with E-state index >= 15 is 0 Å². The predicted molar refractivity (Wildman–Crippen MR) is 401 cm³/mol. The maximum atomic E-state index is 5.94. The van der Waals surface area contributed by atoms with Crippen LogP contribution in [-0.2, 0) is 0 Å². The lowest BCUT2D eigenvalue weighted by atomic mass is 9.59. The highest BCUT2D eigenvalue weighted by atomic mass is 28.3. The van der Waals surface area contributed by atoms with E-state index in [2.05, 4.69) is 341 Å². The van der Waals surface area contributed by atoms with Crippen molar-refractivity contribution in [1.29, 1.82) is 0 Å². The zero-order valence-corrected chi connectivity index (χ0v) is 54.2. The molecule has 0 N–H and O–H groups in total. The van der Waals surface area contributed by atoms with Gasteiger partial charge in [-0.25, -0.2) is 0 Å². The van der Waals surface area contributed by atoms with Gasteiger partial charge in [-0.3, -0.25) is 9.13 Å². The first-order valence-electron chi connectivity index (χ1n) is 34.2. The topological polar surface area (TPSA) is 53.5 Å². The van der Waals surface area contributed by atoms with Gasteiger partial charge in [-0.1, -0.05) is 279 Å². The van der Waals surface area contributed by atoms with Gasteiger partial charge in [0.25, 0.3) is 0 Å². The fourth-order valence-electron chi connectivity index (χ4n) is 19.0. The van der Waals surface area contributed by atoms with Crippen LogP contribution in [0.1, 0.15) is 90.4 Å². The molecular weight excluding hydrogens is 1210 g/mol. The molecule has 6 aliphatic rings. The number of aromatic nitrogens is 6. The Morgan fingerprint density at radius 2 is 0.571 bits per heavy atom. The Morgan fingerprint density at radius 1 is 0.235 bits per heavy atom. The first kappa shape index (κ1) is 54.0. The number of nitrogens with zero attached hydrogens (tertiary/aromatic N) is 6. The largest absolute Gasteiger partial charge is 0.309 e. The van der Waals surface area contributed by atoms with Gasteiger partial charge in [0.15, 0.2) is 13.9 Å². The van der Waals surface area contributed by atoms with Crippen molar-refractivity contribution in [2.75, 3.05) is 0 Å². The van der Waals surface area contributed by atoms with Crippen LogP contribution in [0, 0.1) is 0 Å². The minimum absolute atomic E-state index is 0.0233. The summed E-state index contributed by atoms with van der Waals surface area (Å²) in [6, 6.07) is 123. The SMILES string of the molecule is c1ccc(-n2c3ccccc3c3c4c(ccc32)C2c3ccccc3C4c3c2ccc2c3c3ccccc3n2-c2nc(-c3cccc([Si](c4ccccc4)(c4ccccc4)c4ccccc4)c3)nc(-n3c4ccccc4c4c5c(ccc43)C3c4ccccc4C5c4ccccc43)n2)cc1. The summed E-state index contributed by atoms with van der Waals surface area (Å²) in [6.45, 7) is 0. The molecule has 0 amide bonds. The van der Waals surface area contributed by atoms with E-state index in [1.165, 1.54) is 131 Å². The van der Waals surface area contributed by atoms with Gasteiger partial charge < -0.3 is 4.57 Å². The molecule has 0 radical (unpaired) electrons. The molecule has 2 unspecified atom stereocenters. The molecule has 14 aromatic carbocycles. The van der Waals surface area contributed by atoms with Crippen LogP contribution in [0.15, 0.2) is 328 Å². The first-order chi connectivity index (χ1) is 48.7. The number of benzene rings is 14. The maximum Gasteiger partial charge on any atom is 0.240 e. The number of para-hydroxylation sites is 4. The second-order valence-electron chi connectivity index (χ2n) is 27.1. The van der Waals surface area contributed by atoms with E-state index in [0.717, 1.165) is 33.3 Å². The van der Waals surface area contributed by atoms with Crippen LogP contribution in [-0.4, -0.2) is 36.7 Å². The minimum Gasteiger partial charge on any atom is -0.309 e. The molecule has 0 saturated heterocycles. The zero-order valence-electron chi connectivity index (χ0n) is 53.2. The molecule has 4 aromatic heterocycles. The normalized spacial score (nSPS) is 16.2. The van der Waals surface area contributed by atoms with Crippen LogP contribution >= 0.6 is 0 Å². The third-order valence-corrected chi connectivity index (χ3v) is 27.4. The van der Waals surface area contributed by atoms with E-state index in [-0.39, 0.29) is 23.7 Å². The predicted octanol–water partition coefficient (Wildman–Crippen LogP) is 18.2. The molecule has 6 nitrogen and oxygen atoms in total. The molecule has 0 fully saturated rings. The molecule has 4 heterocycles. The molecule has 98 heavy (non-hydrogen) atoms. The molecule has 0 spiro atoms. The summed E-state index contributed by atoms with van der Waals surface area (Å²) in [5.41, 5.74) is 25.3. The van der Waals surface area contributed by atoms with Crippen molar-refractivity contribution in [3.63, 3.8) is 0 Å². The average Bonchev–Trinajstić information content (AvgIpc) is 1.29. The van der Waals surface area contributed by atoms with Gasteiger partial charge >= 0.3 is 0 Å². The van der Waals surface area contributed by atoms with Gasteiger partial charge in [-0.15, -0.1) is 0 Å². The summed E-state index contributed by atoms with van der Waals surface area (Å²) < 4.78 is 7.18. The highest BCUT2D eigenvalue weighted by molar-refractivity contribution is 7.20. The lowest BCUT2D eigenvalue weighted by molar-refractivity contribution is 0.761. The molecular formula is C91H58N6Si. The van der Waals surface area contributed by atoms with Crippen molar-refractivity contribution in [3.05, 3.63) is 394 Å². The third-order valence-electron chi connectivity index (χ3n) is 22.6. The van der Waals surface area contributed by atoms with E-state index < -0.39 is 8.07 Å². The van der Waals surface area contributed by atoms with Crippen LogP contribution in [0.4, 0.5) is 0 Å². The van der Waals surface area contributed by atoms with Crippen LogP contribution in [0.3, 0.4) is 0 Å². The molecule has 7 heteroatoms. The minimum atomic E-state index is -3.02. The number of hydrogen-bond donors (Lipinski definition) is 0. The van der Waals surface area contributed by atoms with Crippen LogP contribution < -0.4 is 20.7 Å². The highest BCUT2D eigenvalue weighted by Gasteiger charge is 2.47. The van der Waals surface area contributed by atoms with Gasteiger partial charge in [0.2, 0.25) is 11.9 Å². The Morgan fingerprint density at radius 3 is 1.02 bits per heavy atom. The van der Waals surface area contributed by atoms with E-state index in [1.54, 1.807) is 0 Å². The van der Waals surface area contributed by atoms with Crippen molar-refractivity contribution < 1.29 is 0 Å². The summed E-state index contributed by atoms with van der Waals surface area (Å²) in [5, 5.41) is 12.5. The van der Waals surface area contributed by atoms with Crippen molar-refractivity contribution in [2.24, 2.45) is 0 Å². The molecule has 4 bridgehead atoms. The maximum absolute atomic E-state index is 5.94. The van der Waals surface area contributed by atoms with Crippen LogP contribution in [0.25, 0.3) is 94.4 Å². The van der Waals surface area contributed by atoms with Crippen LogP contribution in [0.2, 0.25) is 0 Å². The van der Waals surface area contributed by atoms with Crippen molar-refractivity contribution in [3.8, 4) is 29.0 Å². The molecule has 18 aromatic rings. The van der Waals surface area contributed by atoms with Gasteiger partial charge in [-0.05, 0) is 136 Å². The van der Waals surface area contributed by atoms with Gasteiger partial charge in [0.05, 0.1) is 33.1 Å². The molecule has 0 saturated carbocycles. The molecule has 24 rings (SSSR count). The first-order valence-corrected chi connectivity index (χ1v) is 36.2. The average molecular weight is 1260 g/mol. The van der Waals surface area contributed by atoms with Crippen molar-refractivity contribution in [2.45, 2.75) is 23.7 Å². The molecule has 0 aliphatic heterocycles. The lowest BCUT2D eigenvalue weighted by Gasteiger charge is -2.43. The Labute approximate surface area is 566 Å². The third kappa shape index (κ3) is 7.16. The Kier molecular flexibility index (Phi) is 11.2. The summed E-state index contributed by atoms with van der Waals surface area (Å²) in [7, 11) is -3.02. The van der Waals surface area contributed by atoms with E-state index in [9.17, 15) is 0 Å². The number of rotatable bonds is 8. The highest BCUT2D eigenvalue weighted by Crippen LogP contribution is 2.62. The fourth-order valence-corrected chi connectivity index (χ4v) is 23.8. The smallest absolute Gasteiger partial charge is 0.240 e. The van der Waals surface area contributed by atoms with E-state index in [4.69, 9.17) is 15.0 Å². The molecule has 2 atom stereocenters. The van der Waals surface area contributed by atoms with Crippen molar-refractivity contribution in [1.82, 2.24) is 28.7 Å². The number of hydrogen-bond acceptors (Lipinski definition) is 3. The standard InChI is InChI=1S/C91H58N6Si/c1-5-27-56(28-6-1)95-73-45-22-19-42-67(73)82-76(95)51-48-71-80-63-38-15-18-41-66(63)85(87(71)82)88-72(80)50-53-78-84(88)69-44-21-24-47-75(69)97(78)91-93-89(55-26-25-35-60(54-55)98(57-29-7-2-8-30-57,58-31-9-3-10-32-58)59-33-11-4-12-34-59)92-90(94-91)96-74-46-23-20-43-68(74)83-77(96)52-49-70-79-61-36-13-16-39-64(61)81(86(70)83)65-40-17-14-37-62(65)79/h1-54,79-81,85H. The lowest BCUT2D eigenvalue weighted by Crippen LogP contribution is -2.74. The summed E-state index contributed by atoms with van der Waals surface area (Å²) in [5.74, 6) is 1.83. The second-order valence-corrected chi connectivity index (χ2v) is 30.9. The van der Waals surface area contributed by atoms with Crippen LogP contribution in [0.5, 0.6) is 0 Å². The number of fused-ring (bicyclic) bond motifs is 9. The van der Waals surface area contributed by atoms with Gasteiger partial charge in [0.1, 0.15) is 0 Å². The van der Waals surface area contributed by atoms with Crippen molar-refractivity contribution >= 4 is 94.2 Å². The zero-order chi connectivity index (χ0) is 63.9. The molecule has 6 aliphatic carbocycles. The Balaban J connectivity index is 0.826. The quantitative estimate of drug-likeness (QED) is 0.113. The fraction of sp³-hybridized carbons (Fsp3) is 0.0440. The Hall–Kier alpha value is -12.3. The summed E-state index contributed by atoms with van der Waals surface area (Å²) in [4.78, 5) is 17.7.